The summed E-state index contributed by atoms with van der Waals surface area (Å²) >= 11 is 0. The molecule has 0 radical (unpaired) electrons. The molecule has 0 N–H and O–H groups in total. The molecule has 0 saturated heterocycles. The van der Waals surface area contributed by atoms with Gasteiger partial charge in [0.05, 0.1) is 11.0 Å². The number of fused-ring (bicyclic) bond motifs is 6. The summed E-state index contributed by atoms with van der Waals surface area (Å²) in [7, 11) is 0. The fraction of sp³-hybridized carbons (Fsp3) is 0.0727. The molecule has 11 rings (SSSR count). The molecule has 10 aromatic rings. The van der Waals surface area contributed by atoms with Crippen molar-refractivity contribution < 1.29 is 0 Å². The van der Waals surface area contributed by atoms with Crippen LogP contribution in [0.15, 0.2) is 200 Å². The van der Waals surface area contributed by atoms with E-state index in [2.05, 4.69) is 175 Å². The lowest BCUT2D eigenvalue weighted by Gasteiger charge is -2.33. The maximum Gasteiger partial charge on any atom is 0.164 e. The molecule has 280 valence electrons. The van der Waals surface area contributed by atoms with E-state index in [1.54, 1.807) is 0 Å². The summed E-state index contributed by atoms with van der Waals surface area (Å²) in [4.78, 5) is 15.0. The molecule has 0 bridgehead atoms. The van der Waals surface area contributed by atoms with Gasteiger partial charge in [-0.2, -0.15) is 0 Å². The van der Waals surface area contributed by atoms with Crippen LogP contribution in [0.3, 0.4) is 0 Å². The lowest BCUT2D eigenvalue weighted by Crippen LogP contribution is -2.17. The highest BCUT2D eigenvalue weighted by Crippen LogP contribution is 2.47. The third-order valence-electron chi connectivity index (χ3n) is 12.2. The van der Waals surface area contributed by atoms with Crippen LogP contribution in [0.1, 0.15) is 35.4 Å². The first kappa shape index (κ1) is 34.8. The van der Waals surface area contributed by atoms with E-state index in [0.717, 1.165) is 23.1 Å². The van der Waals surface area contributed by atoms with Gasteiger partial charge in [-0.3, -0.25) is 0 Å². The molecule has 0 spiro atoms. The van der Waals surface area contributed by atoms with Crippen LogP contribution in [0.5, 0.6) is 0 Å². The summed E-state index contributed by atoms with van der Waals surface area (Å²) in [5.74, 6) is 2.57. The maximum atomic E-state index is 5.03. The van der Waals surface area contributed by atoms with Crippen LogP contribution in [0.4, 0.5) is 0 Å². The Balaban J connectivity index is 0.943. The molecule has 2 heterocycles. The van der Waals surface area contributed by atoms with Gasteiger partial charge in [-0.15, -0.1) is 0 Å². The van der Waals surface area contributed by atoms with Crippen molar-refractivity contribution in [2.24, 2.45) is 0 Å². The van der Waals surface area contributed by atoms with E-state index in [-0.39, 0.29) is 5.92 Å². The lowest BCUT2D eigenvalue weighted by molar-refractivity contribution is 0.568. The smallest absolute Gasteiger partial charge is 0.164 e. The van der Waals surface area contributed by atoms with Crippen LogP contribution in [-0.4, -0.2) is 19.5 Å². The van der Waals surface area contributed by atoms with Crippen LogP contribution in [0.2, 0.25) is 0 Å². The minimum atomic E-state index is 0.247. The quantitative estimate of drug-likeness (QED) is 0.163. The van der Waals surface area contributed by atoms with E-state index >= 15 is 0 Å². The van der Waals surface area contributed by atoms with Crippen molar-refractivity contribution in [1.82, 2.24) is 19.5 Å². The lowest BCUT2D eigenvalue weighted by atomic mass is 9.71. The average molecular weight is 757 g/mol. The minimum absolute atomic E-state index is 0.247. The summed E-state index contributed by atoms with van der Waals surface area (Å²) in [5, 5.41) is 2.53. The number of rotatable bonds is 7. The first-order chi connectivity index (χ1) is 29.2. The predicted octanol–water partition coefficient (Wildman–Crippen LogP) is 13.7. The molecule has 0 fully saturated rings. The fourth-order valence-electron chi connectivity index (χ4n) is 9.18. The zero-order valence-electron chi connectivity index (χ0n) is 32.7. The number of aromatic nitrogens is 4. The summed E-state index contributed by atoms with van der Waals surface area (Å²) < 4.78 is 2.38. The largest absolute Gasteiger partial charge is 0.309 e. The topological polar surface area (TPSA) is 43.6 Å². The summed E-state index contributed by atoms with van der Waals surface area (Å²) in [6, 6.07) is 71.7. The van der Waals surface area contributed by atoms with E-state index < -0.39 is 0 Å². The van der Waals surface area contributed by atoms with Crippen LogP contribution >= 0.6 is 0 Å². The highest BCUT2D eigenvalue weighted by molar-refractivity contribution is 6.10. The SMILES string of the molecule is CC(c1cccc(-c2nc(-c3ccccc3)nc(-c3ccccc3)n2)c1)C1Cc2ccc(-c3ccc4c(c3)c3ccccc3n4-c3ccccc3)cc2-c2ccccc21. The molecule has 0 aliphatic heterocycles. The van der Waals surface area contributed by atoms with Gasteiger partial charge < -0.3 is 4.57 Å². The molecule has 4 nitrogen and oxygen atoms in total. The summed E-state index contributed by atoms with van der Waals surface area (Å²) in [6.07, 6.45) is 0.962. The van der Waals surface area contributed by atoms with Crippen molar-refractivity contribution in [3.05, 3.63) is 217 Å². The number of para-hydroxylation sites is 2. The number of nitrogens with zero attached hydrogens (tertiary/aromatic N) is 4. The van der Waals surface area contributed by atoms with Gasteiger partial charge in [0, 0.05) is 33.2 Å². The Labute approximate surface area is 344 Å². The van der Waals surface area contributed by atoms with E-state index in [0.29, 0.717) is 23.4 Å². The van der Waals surface area contributed by atoms with Gasteiger partial charge in [-0.25, -0.2) is 15.0 Å². The van der Waals surface area contributed by atoms with Crippen LogP contribution in [-0.2, 0) is 6.42 Å². The highest BCUT2D eigenvalue weighted by atomic mass is 15.0. The number of hydrogen-bond acceptors (Lipinski definition) is 3. The van der Waals surface area contributed by atoms with Crippen molar-refractivity contribution in [3.63, 3.8) is 0 Å². The summed E-state index contributed by atoms with van der Waals surface area (Å²) in [5.41, 5.74) is 15.7. The van der Waals surface area contributed by atoms with Crippen LogP contribution in [0.25, 0.3) is 83.9 Å². The average Bonchev–Trinajstić information content (AvgIpc) is 3.65. The summed E-state index contributed by atoms with van der Waals surface area (Å²) in [6.45, 7) is 2.37. The van der Waals surface area contributed by atoms with Crippen molar-refractivity contribution >= 4 is 21.8 Å². The second-order valence-corrected chi connectivity index (χ2v) is 15.6. The van der Waals surface area contributed by atoms with Gasteiger partial charge in [0.2, 0.25) is 0 Å². The second kappa shape index (κ2) is 14.5. The van der Waals surface area contributed by atoms with Crippen molar-refractivity contribution in [2.75, 3.05) is 0 Å². The van der Waals surface area contributed by atoms with Crippen molar-refractivity contribution in [2.45, 2.75) is 25.2 Å². The van der Waals surface area contributed by atoms with E-state index in [1.165, 1.54) is 66.4 Å². The second-order valence-electron chi connectivity index (χ2n) is 15.6. The first-order valence-electron chi connectivity index (χ1n) is 20.4. The van der Waals surface area contributed by atoms with Gasteiger partial charge in [-0.1, -0.05) is 165 Å². The zero-order valence-corrected chi connectivity index (χ0v) is 32.7. The number of hydrogen-bond donors (Lipinski definition) is 0. The van der Waals surface area contributed by atoms with Gasteiger partial charge >= 0.3 is 0 Å². The molecule has 1 aliphatic carbocycles. The fourth-order valence-corrected chi connectivity index (χ4v) is 9.18. The Hall–Kier alpha value is -7.43. The molecular formula is C55H40N4. The molecule has 8 aromatic carbocycles. The van der Waals surface area contributed by atoms with E-state index in [9.17, 15) is 0 Å². The molecule has 2 unspecified atom stereocenters. The molecular weight excluding hydrogens is 717 g/mol. The van der Waals surface area contributed by atoms with Gasteiger partial charge in [0.25, 0.3) is 0 Å². The molecule has 0 amide bonds. The van der Waals surface area contributed by atoms with Crippen LogP contribution in [0, 0.1) is 0 Å². The van der Waals surface area contributed by atoms with Gasteiger partial charge in [0.15, 0.2) is 17.5 Å². The van der Waals surface area contributed by atoms with Crippen molar-refractivity contribution in [1.29, 1.82) is 0 Å². The first-order valence-corrected chi connectivity index (χ1v) is 20.4. The van der Waals surface area contributed by atoms with Gasteiger partial charge in [0.1, 0.15) is 0 Å². The predicted molar refractivity (Wildman–Crippen MR) is 243 cm³/mol. The molecule has 0 saturated carbocycles. The minimum Gasteiger partial charge on any atom is -0.309 e. The monoisotopic (exact) mass is 756 g/mol. The Bertz CT molecular complexity index is 3090. The Kier molecular flexibility index (Phi) is 8.55. The molecule has 2 atom stereocenters. The molecule has 59 heavy (non-hydrogen) atoms. The van der Waals surface area contributed by atoms with Crippen molar-refractivity contribution in [3.8, 4) is 62.1 Å². The van der Waals surface area contributed by atoms with Crippen LogP contribution < -0.4 is 0 Å². The maximum absolute atomic E-state index is 5.03. The normalized spacial score (nSPS) is 13.9. The van der Waals surface area contributed by atoms with E-state index in [1.807, 2.05) is 36.4 Å². The van der Waals surface area contributed by atoms with E-state index in [4.69, 9.17) is 15.0 Å². The standard InChI is InChI=1S/C55H40N4/c1-36(39-20-15-21-43(32-39)55-57-53(37-16-5-2-6-17-37)56-54(58-55)38-18-7-3-8-19-38)48-35-42-29-28-40(33-49(42)46-25-12-11-24-45(46)48)41-30-31-52-50(34-41)47-26-13-14-27-51(47)59(52)44-22-9-4-10-23-44/h2-34,36,48H,35H2,1H3. The number of benzene rings is 8. The Morgan fingerprint density at radius 3 is 1.76 bits per heavy atom. The molecule has 4 heteroatoms. The zero-order chi connectivity index (χ0) is 39.3. The Morgan fingerprint density at radius 1 is 0.441 bits per heavy atom. The van der Waals surface area contributed by atoms with Gasteiger partial charge in [-0.05, 0) is 99.7 Å². The highest BCUT2D eigenvalue weighted by Gasteiger charge is 2.30. The molecule has 2 aromatic heterocycles. The molecule has 1 aliphatic rings. The third kappa shape index (κ3) is 6.21. The Morgan fingerprint density at radius 2 is 1.02 bits per heavy atom. The third-order valence-corrected chi connectivity index (χ3v) is 12.2.